The molecule has 0 spiro atoms. The van der Waals surface area contributed by atoms with Crippen LogP contribution in [0.1, 0.15) is 27.0 Å². The van der Waals surface area contributed by atoms with Gasteiger partial charge in [0.05, 0.1) is 17.2 Å². The highest BCUT2D eigenvalue weighted by Crippen LogP contribution is 2.11. The van der Waals surface area contributed by atoms with E-state index in [2.05, 4.69) is 0 Å². The van der Waals surface area contributed by atoms with E-state index >= 15 is 0 Å². The third kappa shape index (κ3) is 3.36. The van der Waals surface area contributed by atoms with Gasteiger partial charge in [-0.05, 0) is 18.2 Å². The molecule has 0 unspecified atom stereocenters. The van der Waals surface area contributed by atoms with Crippen LogP contribution in [0.15, 0.2) is 73.1 Å². The summed E-state index contributed by atoms with van der Waals surface area (Å²) in [6, 6.07) is 18.8. The van der Waals surface area contributed by atoms with Crippen molar-refractivity contribution in [1.82, 2.24) is 0 Å². The van der Waals surface area contributed by atoms with Crippen LogP contribution in [0.3, 0.4) is 0 Å². The van der Waals surface area contributed by atoms with E-state index in [1.165, 1.54) is 6.07 Å². The van der Waals surface area contributed by atoms with E-state index in [4.69, 9.17) is 5.26 Å². The third-order valence-electron chi connectivity index (χ3n) is 3.72. The summed E-state index contributed by atoms with van der Waals surface area (Å²) < 4.78 is 15.7. The molecule has 0 saturated heterocycles. The van der Waals surface area contributed by atoms with Crippen LogP contribution in [0, 0.1) is 17.1 Å². The van der Waals surface area contributed by atoms with Crippen LogP contribution in [-0.4, -0.2) is 5.78 Å². The number of halogens is 1. The topological polar surface area (TPSA) is 44.7 Å². The van der Waals surface area contributed by atoms with Gasteiger partial charge in [0, 0.05) is 23.3 Å². The van der Waals surface area contributed by atoms with Gasteiger partial charge in [0.25, 0.3) is 0 Å². The van der Waals surface area contributed by atoms with Crippen molar-refractivity contribution in [2.45, 2.75) is 6.54 Å². The van der Waals surface area contributed by atoms with Gasteiger partial charge in [-0.3, -0.25) is 4.79 Å². The highest BCUT2D eigenvalue weighted by atomic mass is 19.1. The fraction of sp³-hybridized carbons (Fsp3) is 0.0500. The lowest BCUT2D eigenvalue weighted by molar-refractivity contribution is -0.688. The minimum Gasteiger partial charge on any atom is -0.289 e. The molecular weight excluding hydrogens is 303 g/mol. The number of nitrogens with zero attached hydrogens (tertiary/aromatic N) is 2. The molecule has 0 aliphatic carbocycles. The van der Waals surface area contributed by atoms with Crippen molar-refractivity contribution in [3.8, 4) is 6.07 Å². The second-order valence-electron chi connectivity index (χ2n) is 5.37. The van der Waals surface area contributed by atoms with Crippen molar-refractivity contribution in [2.24, 2.45) is 0 Å². The fourth-order valence-corrected chi connectivity index (χ4v) is 2.41. The summed E-state index contributed by atoms with van der Waals surface area (Å²) in [5.41, 5.74) is 2.00. The lowest BCUT2D eigenvalue weighted by Gasteiger charge is -2.02. The summed E-state index contributed by atoms with van der Waals surface area (Å²) in [6.45, 7) is 0.331. The van der Waals surface area contributed by atoms with E-state index in [1.54, 1.807) is 53.4 Å². The van der Waals surface area contributed by atoms with E-state index in [0.717, 1.165) is 0 Å². The fourth-order valence-electron chi connectivity index (χ4n) is 2.41. The molecule has 0 fully saturated rings. The molecule has 3 aromatic rings. The number of hydrogen-bond donors (Lipinski definition) is 0. The molecule has 3 rings (SSSR count). The van der Waals surface area contributed by atoms with Crippen molar-refractivity contribution in [1.29, 1.82) is 5.26 Å². The van der Waals surface area contributed by atoms with Gasteiger partial charge in [-0.15, -0.1) is 0 Å². The van der Waals surface area contributed by atoms with Gasteiger partial charge in [0.15, 0.2) is 24.7 Å². The largest absolute Gasteiger partial charge is 0.289 e. The molecule has 116 valence electrons. The van der Waals surface area contributed by atoms with Crippen molar-refractivity contribution < 1.29 is 13.8 Å². The number of aromatic nitrogens is 1. The maximum Gasteiger partial charge on any atom is 0.193 e. The lowest BCUT2D eigenvalue weighted by atomic mass is 10.0. The molecule has 0 atom stereocenters. The molecule has 0 aliphatic heterocycles. The van der Waals surface area contributed by atoms with Gasteiger partial charge in [-0.1, -0.05) is 30.3 Å². The van der Waals surface area contributed by atoms with E-state index in [9.17, 15) is 9.18 Å². The second-order valence-corrected chi connectivity index (χ2v) is 5.37. The van der Waals surface area contributed by atoms with Crippen molar-refractivity contribution in [2.75, 3.05) is 0 Å². The van der Waals surface area contributed by atoms with Crippen molar-refractivity contribution >= 4 is 5.78 Å². The monoisotopic (exact) mass is 317 g/mol. The van der Waals surface area contributed by atoms with Crippen LogP contribution in [0.5, 0.6) is 0 Å². The Labute approximate surface area is 139 Å². The molecule has 24 heavy (non-hydrogen) atoms. The first-order valence-corrected chi connectivity index (χ1v) is 7.45. The van der Waals surface area contributed by atoms with Crippen molar-refractivity contribution in [3.63, 3.8) is 0 Å². The van der Waals surface area contributed by atoms with E-state index in [1.807, 2.05) is 24.3 Å². The zero-order valence-corrected chi connectivity index (χ0v) is 12.8. The molecule has 0 aliphatic rings. The molecular formula is C20H14FN2O+. The number of carbonyl (C=O) groups excluding carboxylic acids is 1. The summed E-state index contributed by atoms with van der Waals surface area (Å²) >= 11 is 0. The second kappa shape index (κ2) is 6.84. The van der Waals surface area contributed by atoms with Gasteiger partial charge in [-0.2, -0.15) is 5.26 Å². The first kappa shape index (κ1) is 15.6. The van der Waals surface area contributed by atoms with Gasteiger partial charge >= 0.3 is 0 Å². The Bertz CT molecular complexity index is 913. The molecule has 1 aromatic heterocycles. The number of rotatable bonds is 4. The summed E-state index contributed by atoms with van der Waals surface area (Å²) in [5.74, 6) is -0.460. The molecule has 0 saturated carbocycles. The van der Waals surface area contributed by atoms with Crippen LogP contribution in [-0.2, 0) is 6.54 Å². The van der Waals surface area contributed by atoms with E-state index in [-0.39, 0.29) is 5.78 Å². The Morgan fingerprint density at radius 1 is 1.00 bits per heavy atom. The first-order valence-electron chi connectivity index (χ1n) is 7.45. The van der Waals surface area contributed by atoms with Crippen LogP contribution < -0.4 is 4.57 Å². The molecule has 0 bridgehead atoms. The third-order valence-corrected chi connectivity index (χ3v) is 3.72. The Hall–Kier alpha value is -3.32. The molecule has 2 aromatic carbocycles. The van der Waals surface area contributed by atoms with E-state index < -0.39 is 5.82 Å². The summed E-state index contributed by atoms with van der Waals surface area (Å²) in [7, 11) is 0. The van der Waals surface area contributed by atoms with Gasteiger partial charge in [-0.25, -0.2) is 8.96 Å². The van der Waals surface area contributed by atoms with E-state index in [0.29, 0.717) is 28.8 Å². The zero-order valence-electron chi connectivity index (χ0n) is 12.8. The first-order chi connectivity index (χ1) is 11.7. The summed E-state index contributed by atoms with van der Waals surface area (Å²) in [4.78, 5) is 12.3. The number of ketones is 1. The highest BCUT2D eigenvalue weighted by molar-refractivity contribution is 6.08. The number of nitriles is 1. The predicted molar refractivity (Wildman–Crippen MR) is 86.7 cm³/mol. The Morgan fingerprint density at radius 3 is 2.29 bits per heavy atom. The van der Waals surface area contributed by atoms with Crippen LogP contribution in [0.25, 0.3) is 0 Å². The highest BCUT2D eigenvalue weighted by Gasteiger charge is 2.12. The maximum atomic E-state index is 13.9. The molecule has 4 heteroatoms. The summed E-state index contributed by atoms with van der Waals surface area (Å²) in [5, 5.41) is 8.77. The smallest absolute Gasteiger partial charge is 0.193 e. The van der Waals surface area contributed by atoms with Crippen molar-refractivity contribution in [3.05, 3.63) is 101 Å². The maximum absolute atomic E-state index is 13.9. The van der Waals surface area contributed by atoms with Gasteiger partial charge in [0.1, 0.15) is 5.82 Å². The molecule has 0 radical (unpaired) electrons. The average Bonchev–Trinajstić information content (AvgIpc) is 2.64. The Balaban J connectivity index is 1.78. The van der Waals surface area contributed by atoms with Crippen LogP contribution >= 0.6 is 0 Å². The number of carbonyl (C=O) groups is 1. The minimum absolute atomic E-state index is 0.0488. The standard InChI is InChI=1S/C20H14FN2O/c21-19-12-15(13-22)6-7-18(19)14-23-10-8-17(9-11-23)20(24)16-4-2-1-3-5-16/h1-12H,14H2/q+1. The SMILES string of the molecule is N#Cc1ccc(C[n+]2ccc(C(=O)c3ccccc3)cc2)c(F)c1. The number of hydrogen-bond acceptors (Lipinski definition) is 2. The van der Waals surface area contributed by atoms with Gasteiger partial charge < -0.3 is 0 Å². The lowest BCUT2D eigenvalue weighted by Crippen LogP contribution is -2.34. The molecule has 3 nitrogen and oxygen atoms in total. The van der Waals surface area contributed by atoms with Crippen LogP contribution in [0.2, 0.25) is 0 Å². The Kier molecular flexibility index (Phi) is 4.44. The van der Waals surface area contributed by atoms with Gasteiger partial charge in [0.2, 0.25) is 0 Å². The molecule has 0 amide bonds. The Morgan fingerprint density at radius 2 is 1.67 bits per heavy atom. The molecule has 1 heterocycles. The quantitative estimate of drug-likeness (QED) is 0.547. The predicted octanol–water partition coefficient (Wildman–Crippen LogP) is 3.26. The number of benzene rings is 2. The number of pyridine rings is 1. The van der Waals surface area contributed by atoms with Crippen LogP contribution in [0.4, 0.5) is 4.39 Å². The normalized spacial score (nSPS) is 10.2. The molecule has 0 N–H and O–H groups in total. The average molecular weight is 317 g/mol. The summed E-state index contributed by atoms with van der Waals surface area (Å²) in [6.07, 6.45) is 3.49. The zero-order chi connectivity index (χ0) is 16.9. The minimum atomic E-state index is -0.411.